The van der Waals surface area contributed by atoms with Crippen molar-refractivity contribution in [3.05, 3.63) is 59.9 Å². The van der Waals surface area contributed by atoms with Gasteiger partial charge in [-0.05, 0) is 52.9 Å². The van der Waals surface area contributed by atoms with Crippen LogP contribution in [0.25, 0.3) is 5.69 Å². The number of carbonyl (C=O) groups excluding carboxylic acids is 2. The fourth-order valence-electron chi connectivity index (χ4n) is 2.31. The van der Waals surface area contributed by atoms with Gasteiger partial charge in [0.1, 0.15) is 5.82 Å². The molecular weight excluding hydrogens is 393 g/mol. The van der Waals surface area contributed by atoms with Crippen LogP contribution in [0.4, 0.5) is 10.1 Å². The molecule has 2 aromatic carbocycles. The van der Waals surface area contributed by atoms with Gasteiger partial charge in [-0.3, -0.25) is 9.59 Å². The van der Waals surface area contributed by atoms with Crippen LogP contribution < -0.4 is 5.32 Å². The Bertz CT molecular complexity index is 1030. The molecule has 0 bridgehead atoms. The van der Waals surface area contributed by atoms with Gasteiger partial charge in [0.25, 0.3) is 0 Å². The Labute approximate surface area is 171 Å². The Hall–Kier alpha value is -3.07. The summed E-state index contributed by atoms with van der Waals surface area (Å²) >= 11 is 1.16. The third-order valence-electron chi connectivity index (χ3n) is 3.97. The Balaban J connectivity index is 1.63. The highest BCUT2D eigenvalue weighted by Crippen LogP contribution is 2.21. The number of aromatic nitrogens is 4. The van der Waals surface area contributed by atoms with E-state index < -0.39 is 11.2 Å². The van der Waals surface area contributed by atoms with Gasteiger partial charge in [-0.2, -0.15) is 4.68 Å². The third kappa shape index (κ3) is 5.26. The molecule has 1 aromatic heterocycles. The molecule has 0 saturated carbocycles. The number of hydrogen-bond donors (Lipinski definition) is 1. The maximum Gasteiger partial charge on any atom is 0.229 e. The smallest absolute Gasteiger partial charge is 0.229 e. The van der Waals surface area contributed by atoms with E-state index in [-0.39, 0.29) is 17.4 Å². The first-order valence-electron chi connectivity index (χ1n) is 8.86. The number of amides is 1. The number of Topliss-reactive ketones (excluding diaryl/α,β-unsaturated/α-hetero) is 1. The lowest BCUT2D eigenvalue weighted by molar-refractivity contribution is -0.123. The lowest BCUT2D eigenvalue weighted by atomic mass is 9.95. The molecule has 3 aromatic rings. The van der Waals surface area contributed by atoms with Crippen molar-refractivity contribution < 1.29 is 14.0 Å². The minimum Gasteiger partial charge on any atom is -0.326 e. The number of ketones is 1. The summed E-state index contributed by atoms with van der Waals surface area (Å²) in [6.45, 7) is 5.48. The molecule has 7 nitrogen and oxygen atoms in total. The first-order valence-corrected chi connectivity index (χ1v) is 9.84. The molecule has 1 amide bonds. The van der Waals surface area contributed by atoms with Crippen molar-refractivity contribution >= 4 is 29.1 Å². The number of rotatable bonds is 6. The standard InChI is InChI=1S/C20H20FN5O2S/c1-20(2,3)18(28)22-15-9-7-13(8-10-15)17(27)12-29-19-23-24-25-26(19)16-6-4-5-14(21)11-16/h4-11H,12H2,1-3H3,(H,22,28). The van der Waals surface area contributed by atoms with Gasteiger partial charge in [0, 0.05) is 16.7 Å². The van der Waals surface area contributed by atoms with E-state index in [0.717, 1.165) is 11.8 Å². The number of anilines is 1. The summed E-state index contributed by atoms with van der Waals surface area (Å²) in [5.74, 6) is -0.499. The second kappa shape index (κ2) is 8.52. The Morgan fingerprint density at radius 3 is 2.52 bits per heavy atom. The van der Waals surface area contributed by atoms with Crippen molar-refractivity contribution in [3.63, 3.8) is 0 Å². The Morgan fingerprint density at radius 1 is 1.14 bits per heavy atom. The molecule has 0 radical (unpaired) electrons. The molecule has 0 fully saturated rings. The summed E-state index contributed by atoms with van der Waals surface area (Å²) in [5, 5.41) is 14.6. The van der Waals surface area contributed by atoms with E-state index in [4.69, 9.17) is 0 Å². The summed E-state index contributed by atoms with van der Waals surface area (Å²) in [5.41, 5.74) is 1.11. The Morgan fingerprint density at radius 2 is 1.86 bits per heavy atom. The summed E-state index contributed by atoms with van der Waals surface area (Å²) in [4.78, 5) is 24.5. The summed E-state index contributed by atoms with van der Waals surface area (Å²) < 4.78 is 14.8. The molecule has 0 aliphatic heterocycles. The zero-order valence-electron chi connectivity index (χ0n) is 16.2. The highest BCUT2D eigenvalue weighted by atomic mass is 32.2. The largest absolute Gasteiger partial charge is 0.326 e. The van der Waals surface area contributed by atoms with Gasteiger partial charge in [0.05, 0.1) is 11.4 Å². The normalized spacial score (nSPS) is 11.3. The van der Waals surface area contributed by atoms with Crippen LogP contribution in [0.3, 0.4) is 0 Å². The lowest BCUT2D eigenvalue weighted by Gasteiger charge is -2.17. The molecule has 0 atom stereocenters. The monoisotopic (exact) mass is 413 g/mol. The maximum atomic E-state index is 13.4. The number of hydrogen-bond acceptors (Lipinski definition) is 6. The molecule has 29 heavy (non-hydrogen) atoms. The van der Waals surface area contributed by atoms with Gasteiger partial charge in [0.2, 0.25) is 11.1 Å². The summed E-state index contributed by atoms with van der Waals surface area (Å²) in [6, 6.07) is 12.6. The molecule has 1 heterocycles. The summed E-state index contributed by atoms with van der Waals surface area (Å²) in [6.07, 6.45) is 0. The van der Waals surface area contributed by atoms with Crippen LogP contribution in [0.5, 0.6) is 0 Å². The number of tetrazole rings is 1. The number of thioether (sulfide) groups is 1. The van der Waals surface area contributed by atoms with Gasteiger partial charge in [0.15, 0.2) is 5.78 Å². The second-order valence-electron chi connectivity index (χ2n) is 7.35. The van der Waals surface area contributed by atoms with Gasteiger partial charge < -0.3 is 5.32 Å². The number of carbonyl (C=O) groups is 2. The molecule has 0 spiro atoms. The van der Waals surface area contributed by atoms with Gasteiger partial charge in [-0.1, -0.05) is 38.6 Å². The lowest BCUT2D eigenvalue weighted by Crippen LogP contribution is -2.27. The van der Waals surface area contributed by atoms with Crippen LogP contribution in [0, 0.1) is 11.2 Å². The number of benzene rings is 2. The van der Waals surface area contributed by atoms with Gasteiger partial charge in [-0.25, -0.2) is 4.39 Å². The fourth-order valence-corrected chi connectivity index (χ4v) is 3.10. The number of nitrogens with one attached hydrogen (secondary N) is 1. The maximum absolute atomic E-state index is 13.4. The molecular formula is C20H20FN5O2S. The number of nitrogens with zero attached hydrogens (tertiary/aromatic N) is 4. The van der Waals surface area contributed by atoms with Crippen molar-refractivity contribution in [1.82, 2.24) is 20.2 Å². The van der Waals surface area contributed by atoms with E-state index in [9.17, 15) is 14.0 Å². The molecule has 0 unspecified atom stereocenters. The first kappa shape index (κ1) is 20.7. The van der Waals surface area contributed by atoms with Crippen LogP contribution in [-0.4, -0.2) is 37.7 Å². The van der Waals surface area contributed by atoms with Crippen LogP contribution in [0.2, 0.25) is 0 Å². The zero-order chi connectivity index (χ0) is 21.0. The number of halogens is 1. The molecule has 9 heteroatoms. The molecule has 0 aliphatic carbocycles. The van der Waals surface area contributed by atoms with E-state index in [2.05, 4.69) is 20.8 Å². The van der Waals surface area contributed by atoms with Crippen LogP contribution in [-0.2, 0) is 4.79 Å². The van der Waals surface area contributed by atoms with E-state index in [1.165, 1.54) is 16.8 Å². The van der Waals surface area contributed by atoms with Crippen molar-refractivity contribution in [3.8, 4) is 5.69 Å². The average molecular weight is 413 g/mol. The molecule has 3 rings (SSSR count). The van der Waals surface area contributed by atoms with Crippen molar-refractivity contribution in [2.75, 3.05) is 11.1 Å². The molecule has 1 N–H and O–H groups in total. The minimum atomic E-state index is -0.503. The van der Waals surface area contributed by atoms with E-state index in [1.807, 2.05) is 20.8 Å². The van der Waals surface area contributed by atoms with E-state index >= 15 is 0 Å². The molecule has 150 valence electrons. The van der Waals surface area contributed by atoms with Crippen LogP contribution >= 0.6 is 11.8 Å². The van der Waals surface area contributed by atoms with Crippen molar-refractivity contribution in [2.45, 2.75) is 25.9 Å². The highest BCUT2D eigenvalue weighted by molar-refractivity contribution is 7.99. The summed E-state index contributed by atoms with van der Waals surface area (Å²) in [7, 11) is 0. The van der Waals surface area contributed by atoms with Crippen molar-refractivity contribution in [2.24, 2.45) is 5.41 Å². The molecule has 0 aliphatic rings. The SMILES string of the molecule is CC(C)(C)C(=O)Nc1ccc(C(=O)CSc2nnnn2-c2cccc(F)c2)cc1. The van der Waals surface area contributed by atoms with E-state index in [0.29, 0.717) is 22.1 Å². The average Bonchev–Trinajstić information content (AvgIpc) is 3.14. The van der Waals surface area contributed by atoms with E-state index in [1.54, 1.807) is 36.4 Å². The predicted molar refractivity (Wildman–Crippen MR) is 109 cm³/mol. The quantitative estimate of drug-likeness (QED) is 0.489. The zero-order valence-corrected chi connectivity index (χ0v) is 17.0. The minimum absolute atomic E-state index is 0.101. The fraction of sp³-hybridized carbons (Fsp3) is 0.250. The van der Waals surface area contributed by atoms with Crippen molar-refractivity contribution in [1.29, 1.82) is 0 Å². The van der Waals surface area contributed by atoms with Crippen LogP contribution in [0.15, 0.2) is 53.7 Å². The highest BCUT2D eigenvalue weighted by Gasteiger charge is 2.21. The van der Waals surface area contributed by atoms with Gasteiger partial charge in [-0.15, -0.1) is 5.10 Å². The molecule has 0 saturated heterocycles. The Kier molecular flexibility index (Phi) is 6.07. The van der Waals surface area contributed by atoms with Crippen LogP contribution in [0.1, 0.15) is 31.1 Å². The van der Waals surface area contributed by atoms with Gasteiger partial charge >= 0.3 is 0 Å². The predicted octanol–water partition coefficient (Wildman–Crippen LogP) is 3.76. The first-order chi connectivity index (χ1) is 13.7. The third-order valence-corrected chi connectivity index (χ3v) is 4.89. The topological polar surface area (TPSA) is 89.8 Å². The second-order valence-corrected chi connectivity index (χ2v) is 8.29.